The van der Waals surface area contributed by atoms with Crippen LogP contribution in [0.5, 0.6) is 0 Å². The van der Waals surface area contributed by atoms with Crippen molar-refractivity contribution in [3.63, 3.8) is 0 Å². The molecule has 1 spiro atoms. The van der Waals surface area contributed by atoms with Crippen LogP contribution in [-0.4, -0.2) is 29.6 Å². The lowest BCUT2D eigenvalue weighted by atomic mass is 9.81. The highest BCUT2D eigenvalue weighted by molar-refractivity contribution is 6.06. The second-order valence-corrected chi connectivity index (χ2v) is 4.52. The van der Waals surface area contributed by atoms with Crippen LogP contribution in [0.3, 0.4) is 0 Å². The minimum absolute atomic E-state index is 0.0913. The molecule has 2 aliphatic heterocycles. The number of carbonyl (C=O) groups is 1. The molecule has 14 heavy (non-hydrogen) atoms. The number of amides is 1. The fourth-order valence-corrected chi connectivity index (χ4v) is 2.17. The number of guanidine groups is 1. The summed E-state index contributed by atoms with van der Waals surface area (Å²) in [4.78, 5) is 15.9. The van der Waals surface area contributed by atoms with Gasteiger partial charge in [0.15, 0.2) is 5.96 Å². The molecule has 78 valence electrons. The molecule has 0 bridgehead atoms. The first-order chi connectivity index (χ1) is 6.44. The van der Waals surface area contributed by atoms with Gasteiger partial charge in [0, 0.05) is 12.8 Å². The highest BCUT2D eigenvalue weighted by atomic mass is 16.5. The van der Waals surface area contributed by atoms with Gasteiger partial charge in [0.05, 0.1) is 12.2 Å². The summed E-state index contributed by atoms with van der Waals surface area (Å²) in [5.74, 6) is 0.138. The van der Waals surface area contributed by atoms with Crippen molar-refractivity contribution < 1.29 is 9.53 Å². The Kier molecular flexibility index (Phi) is 1.82. The molecule has 0 aromatic rings. The highest BCUT2D eigenvalue weighted by Gasteiger charge is 2.49. The van der Waals surface area contributed by atoms with Crippen LogP contribution in [-0.2, 0) is 9.53 Å². The predicted molar refractivity (Wildman–Crippen MR) is 51.8 cm³/mol. The Morgan fingerprint density at radius 3 is 2.79 bits per heavy atom. The van der Waals surface area contributed by atoms with E-state index in [1.807, 2.05) is 13.8 Å². The molecule has 0 aromatic heterocycles. The second-order valence-electron chi connectivity index (χ2n) is 4.52. The van der Waals surface area contributed by atoms with E-state index < -0.39 is 5.54 Å². The number of carbonyl (C=O) groups excluding carboxylic acids is 1. The smallest absolute Gasteiger partial charge is 0.254 e. The van der Waals surface area contributed by atoms with Gasteiger partial charge < -0.3 is 10.5 Å². The van der Waals surface area contributed by atoms with Gasteiger partial charge in [0.2, 0.25) is 0 Å². The lowest BCUT2D eigenvalue weighted by Crippen LogP contribution is -2.50. The van der Waals surface area contributed by atoms with Crippen molar-refractivity contribution >= 4 is 11.9 Å². The Morgan fingerprint density at radius 2 is 2.29 bits per heavy atom. The van der Waals surface area contributed by atoms with E-state index in [-0.39, 0.29) is 17.5 Å². The molecule has 2 heterocycles. The first kappa shape index (κ1) is 9.45. The molecule has 2 rings (SSSR count). The van der Waals surface area contributed by atoms with Crippen LogP contribution in [0.15, 0.2) is 4.99 Å². The zero-order valence-electron chi connectivity index (χ0n) is 8.46. The Balaban J connectivity index is 2.28. The van der Waals surface area contributed by atoms with E-state index >= 15 is 0 Å². The number of hydrogen-bond donors (Lipinski definition) is 2. The average molecular weight is 197 g/mol. The Bertz CT molecular complexity index is 311. The molecule has 5 heteroatoms. The molecular weight excluding hydrogens is 182 g/mol. The summed E-state index contributed by atoms with van der Waals surface area (Å²) in [6, 6.07) is 0. The number of nitrogens with two attached hydrogens (primary N) is 1. The maximum atomic E-state index is 11.7. The summed E-state index contributed by atoms with van der Waals surface area (Å²) in [5, 5.41) is 2.55. The van der Waals surface area contributed by atoms with Gasteiger partial charge in [-0.1, -0.05) is 0 Å². The van der Waals surface area contributed by atoms with Crippen molar-refractivity contribution in [1.29, 1.82) is 0 Å². The highest BCUT2D eigenvalue weighted by Crippen LogP contribution is 2.36. The summed E-state index contributed by atoms with van der Waals surface area (Å²) in [6.45, 7) is 4.48. The van der Waals surface area contributed by atoms with E-state index in [1.54, 1.807) is 0 Å². The Labute approximate surface area is 82.7 Å². The summed E-state index contributed by atoms with van der Waals surface area (Å²) < 4.78 is 5.55. The number of hydrogen-bond acceptors (Lipinski definition) is 4. The standard InChI is InChI=1S/C9H15N3O2/c1-8(2)5-9(3-4-14-8)6(13)11-7(10)12-9/h3-5H2,1-2H3,(H3,10,11,12,13). The number of nitrogens with one attached hydrogen (secondary N) is 1. The van der Waals surface area contributed by atoms with Crippen molar-refractivity contribution in [3.05, 3.63) is 0 Å². The van der Waals surface area contributed by atoms with E-state index in [2.05, 4.69) is 10.3 Å². The first-order valence-electron chi connectivity index (χ1n) is 4.74. The normalized spacial score (nSPS) is 35.6. The van der Waals surface area contributed by atoms with Gasteiger partial charge in [0.1, 0.15) is 5.54 Å². The number of nitrogens with zero attached hydrogens (tertiary/aromatic N) is 1. The van der Waals surface area contributed by atoms with Crippen molar-refractivity contribution in [2.75, 3.05) is 6.61 Å². The van der Waals surface area contributed by atoms with Crippen LogP contribution >= 0.6 is 0 Å². The Morgan fingerprint density at radius 1 is 1.57 bits per heavy atom. The maximum Gasteiger partial charge on any atom is 0.254 e. The molecule has 0 aromatic carbocycles. The summed E-state index contributed by atoms with van der Waals surface area (Å²) >= 11 is 0. The molecule has 1 unspecified atom stereocenters. The maximum absolute atomic E-state index is 11.7. The van der Waals surface area contributed by atoms with Crippen molar-refractivity contribution in [1.82, 2.24) is 5.32 Å². The number of aliphatic imine (C=N–C) groups is 1. The molecule has 0 radical (unpaired) electrons. The van der Waals surface area contributed by atoms with Gasteiger partial charge >= 0.3 is 0 Å². The third-order valence-electron chi connectivity index (χ3n) is 2.73. The molecule has 0 saturated carbocycles. The lowest BCUT2D eigenvalue weighted by molar-refractivity contribution is -0.135. The van der Waals surface area contributed by atoms with Crippen LogP contribution in [0.4, 0.5) is 0 Å². The fraction of sp³-hybridized carbons (Fsp3) is 0.778. The van der Waals surface area contributed by atoms with Gasteiger partial charge in [-0.15, -0.1) is 0 Å². The minimum Gasteiger partial charge on any atom is -0.375 e. The van der Waals surface area contributed by atoms with Crippen LogP contribution in [0.1, 0.15) is 26.7 Å². The summed E-state index contributed by atoms with van der Waals surface area (Å²) in [6.07, 6.45) is 1.20. The van der Waals surface area contributed by atoms with Crippen LogP contribution < -0.4 is 11.1 Å². The molecule has 1 atom stereocenters. The molecule has 3 N–H and O–H groups in total. The molecule has 0 aliphatic carbocycles. The van der Waals surface area contributed by atoms with Gasteiger partial charge in [-0.25, -0.2) is 4.99 Å². The Hall–Kier alpha value is -1.10. The molecule has 1 fully saturated rings. The van der Waals surface area contributed by atoms with Crippen molar-refractivity contribution in [3.8, 4) is 0 Å². The van der Waals surface area contributed by atoms with E-state index in [4.69, 9.17) is 10.5 Å². The SMILES string of the molecule is CC1(C)CC2(CCO1)N=C(N)NC2=O. The zero-order valence-corrected chi connectivity index (χ0v) is 8.46. The molecule has 5 nitrogen and oxygen atoms in total. The summed E-state index contributed by atoms with van der Waals surface area (Å²) in [5.41, 5.74) is 4.52. The van der Waals surface area contributed by atoms with Gasteiger partial charge in [0.25, 0.3) is 5.91 Å². The fourth-order valence-electron chi connectivity index (χ4n) is 2.17. The van der Waals surface area contributed by atoms with Gasteiger partial charge in [-0.3, -0.25) is 10.1 Å². The first-order valence-corrected chi connectivity index (χ1v) is 4.74. The van der Waals surface area contributed by atoms with E-state index in [0.717, 1.165) is 0 Å². The molecule has 2 aliphatic rings. The molecule has 1 saturated heterocycles. The predicted octanol–water partition coefficient (Wildman–Crippen LogP) is -0.241. The van der Waals surface area contributed by atoms with E-state index in [0.29, 0.717) is 19.4 Å². The molecule has 1 amide bonds. The van der Waals surface area contributed by atoms with Crippen LogP contribution in [0.25, 0.3) is 0 Å². The monoisotopic (exact) mass is 197 g/mol. The number of rotatable bonds is 0. The lowest BCUT2D eigenvalue weighted by Gasteiger charge is -2.38. The van der Waals surface area contributed by atoms with Crippen molar-refractivity contribution in [2.45, 2.75) is 37.8 Å². The van der Waals surface area contributed by atoms with E-state index in [1.165, 1.54) is 0 Å². The number of ether oxygens (including phenoxy) is 1. The average Bonchev–Trinajstić information content (AvgIpc) is 2.24. The van der Waals surface area contributed by atoms with Crippen LogP contribution in [0.2, 0.25) is 0 Å². The topological polar surface area (TPSA) is 76.7 Å². The molecular formula is C9H15N3O2. The largest absolute Gasteiger partial charge is 0.375 e. The quantitative estimate of drug-likeness (QED) is 0.562. The van der Waals surface area contributed by atoms with Gasteiger partial charge in [-0.2, -0.15) is 0 Å². The summed E-state index contributed by atoms with van der Waals surface area (Å²) in [7, 11) is 0. The zero-order chi connectivity index (χ0) is 10.4. The van der Waals surface area contributed by atoms with Gasteiger partial charge in [-0.05, 0) is 13.8 Å². The third kappa shape index (κ3) is 1.37. The third-order valence-corrected chi connectivity index (χ3v) is 2.73. The van der Waals surface area contributed by atoms with Crippen molar-refractivity contribution in [2.24, 2.45) is 10.7 Å². The second kappa shape index (κ2) is 2.70. The van der Waals surface area contributed by atoms with E-state index in [9.17, 15) is 4.79 Å². The van der Waals surface area contributed by atoms with Crippen LogP contribution in [0, 0.1) is 0 Å². The minimum atomic E-state index is -0.675.